The van der Waals surface area contributed by atoms with E-state index in [1.54, 1.807) is 36.4 Å². The van der Waals surface area contributed by atoms with E-state index < -0.39 is 5.97 Å². The molecule has 0 saturated carbocycles. The Morgan fingerprint density at radius 1 is 1.21 bits per heavy atom. The highest BCUT2D eigenvalue weighted by molar-refractivity contribution is 5.94. The van der Waals surface area contributed by atoms with E-state index >= 15 is 0 Å². The van der Waals surface area contributed by atoms with Crippen LogP contribution in [-0.4, -0.2) is 18.2 Å². The van der Waals surface area contributed by atoms with Crippen molar-refractivity contribution in [1.82, 2.24) is 0 Å². The number of carboxylic acid groups (broad SMARTS) is 1. The molecule has 0 heterocycles. The minimum Gasteiger partial charge on any atom is -0.495 e. The normalized spacial score (nSPS) is 9.68. The van der Waals surface area contributed by atoms with E-state index in [1.807, 2.05) is 6.07 Å². The second-order valence-electron chi connectivity index (χ2n) is 3.88. The van der Waals surface area contributed by atoms with Crippen LogP contribution in [0.2, 0.25) is 0 Å². The summed E-state index contributed by atoms with van der Waals surface area (Å²) < 4.78 is 5.20. The standard InChI is InChI=1S/C15H11NO3/c1-19-14-12(3-2-4-13(14)15(17)18)11-7-5-10(9-16)6-8-11/h2-8H,1H3,(H,17,18). The van der Waals surface area contributed by atoms with Gasteiger partial charge >= 0.3 is 5.97 Å². The van der Waals surface area contributed by atoms with Crippen molar-refractivity contribution in [1.29, 1.82) is 5.26 Å². The lowest BCUT2D eigenvalue weighted by Crippen LogP contribution is -2.01. The van der Waals surface area contributed by atoms with Crippen LogP contribution in [0.5, 0.6) is 5.75 Å². The molecular formula is C15H11NO3. The first-order valence-corrected chi connectivity index (χ1v) is 5.58. The lowest BCUT2D eigenvalue weighted by molar-refractivity contribution is 0.0693. The maximum atomic E-state index is 11.1. The molecule has 1 N–H and O–H groups in total. The summed E-state index contributed by atoms with van der Waals surface area (Å²) in [7, 11) is 1.44. The van der Waals surface area contributed by atoms with Crippen LogP contribution in [0.15, 0.2) is 42.5 Å². The van der Waals surface area contributed by atoms with Crippen LogP contribution in [0.4, 0.5) is 0 Å². The molecule has 94 valence electrons. The van der Waals surface area contributed by atoms with E-state index in [-0.39, 0.29) is 5.56 Å². The molecule has 19 heavy (non-hydrogen) atoms. The molecule has 4 nitrogen and oxygen atoms in total. The highest BCUT2D eigenvalue weighted by atomic mass is 16.5. The largest absolute Gasteiger partial charge is 0.495 e. The van der Waals surface area contributed by atoms with Crippen LogP contribution in [-0.2, 0) is 0 Å². The summed E-state index contributed by atoms with van der Waals surface area (Å²) in [6.07, 6.45) is 0. The Bertz CT molecular complexity index is 654. The van der Waals surface area contributed by atoms with Gasteiger partial charge in [0.2, 0.25) is 0 Å². The van der Waals surface area contributed by atoms with Gasteiger partial charge in [0.1, 0.15) is 11.3 Å². The molecule has 4 heteroatoms. The number of hydrogen-bond acceptors (Lipinski definition) is 3. The number of rotatable bonds is 3. The Hall–Kier alpha value is -2.80. The van der Waals surface area contributed by atoms with Gasteiger partial charge in [0.15, 0.2) is 0 Å². The van der Waals surface area contributed by atoms with Crippen molar-refractivity contribution >= 4 is 5.97 Å². The van der Waals surface area contributed by atoms with Crippen LogP contribution in [0.25, 0.3) is 11.1 Å². The first-order chi connectivity index (χ1) is 9.17. The summed E-state index contributed by atoms with van der Waals surface area (Å²) in [6, 6.07) is 13.9. The number of nitrogens with zero attached hydrogens (tertiary/aromatic N) is 1. The van der Waals surface area contributed by atoms with Crippen molar-refractivity contribution in [2.24, 2.45) is 0 Å². The number of methoxy groups -OCH3 is 1. The van der Waals surface area contributed by atoms with Gasteiger partial charge in [-0.05, 0) is 23.8 Å². The van der Waals surface area contributed by atoms with Crippen molar-refractivity contribution in [2.45, 2.75) is 0 Å². The average Bonchev–Trinajstić information content (AvgIpc) is 2.46. The molecule has 2 aromatic rings. The fraction of sp³-hybridized carbons (Fsp3) is 0.0667. The molecular weight excluding hydrogens is 242 g/mol. The maximum absolute atomic E-state index is 11.1. The Kier molecular flexibility index (Phi) is 3.48. The van der Waals surface area contributed by atoms with E-state index in [9.17, 15) is 4.79 Å². The molecule has 2 rings (SSSR count). The Morgan fingerprint density at radius 3 is 2.42 bits per heavy atom. The van der Waals surface area contributed by atoms with Gasteiger partial charge in [-0.15, -0.1) is 0 Å². The number of carboxylic acids is 1. The summed E-state index contributed by atoms with van der Waals surface area (Å²) in [6.45, 7) is 0. The molecule has 0 radical (unpaired) electrons. The highest BCUT2D eigenvalue weighted by Crippen LogP contribution is 2.33. The number of hydrogen-bond donors (Lipinski definition) is 1. The molecule has 0 saturated heterocycles. The third-order valence-electron chi connectivity index (χ3n) is 2.77. The lowest BCUT2D eigenvalue weighted by atomic mass is 10.0. The molecule has 0 atom stereocenters. The summed E-state index contributed by atoms with van der Waals surface area (Å²) in [5.74, 6) is -0.716. The summed E-state index contributed by atoms with van der Waals surface area (Å²) >= 11 is 0. The first kappa shape index (κ1) is 12.7. The zero-order valence-electron chi connectivity index (χ0n) is 10.3. The molecule has 2 aromatic carbocycles. The minimum atomic E-state index is -1.03. The summed E-state index contributed by atoms with van der Waals surface area (Å²) in [4.78, 5) is 11.1. The molecule has 0 aliphatic heterocycles. The molecule has 0 unspecified atom stereocenters. The highest BCUT2D eigenvalue weighted by Gasteiger charge is 2.15. The predicted octanol–water partition coefficient (Wildman–Crippen LogP) is 2.93. The predicted molar refractivity (Wildman–Crippen MR) is 70.1 cm³/mol. The molecule has 0 amide bonds. The smallest absolute Gasteiger partial charge is 0.339 e. The maximum Gasteiger partial charge on any atom is 0.339 e. The zero-order valence-corrected chi connectivity index (χ0v) is 10.3. The molecule has 0 bridgehead atoms. The van der Waals surface area contributed by atoms with Crippen molar-refractivity contribution in [3.05, 3.63) is 53.6 Å². The van der Waals surface area contributed by atoms with Crippen LogP contribution in [0.1, 0.15) is 15.9 Å². The van der Waals surface area contributed by atoms with Crippen LogP contribution in [0, 0.1) is 11.3 Å². The molecule has 0 aromatic heterocycles. The van der Waals surface area contributed by atoms with Crippen molar-refractivity contribution in [3.63, 3.8) is 0 Å². The van der Waals surface area contributed by atoms with Gasteiger partial charge in [-0.1, -0.05) is 24.3 Å². The van der Waals surface area contributed by atoms with Gasteiger partial charge in [0, 0.05) is 5.56 Å². The summed E-state index contributed by atoms with van der Waals surface area (Å²) in [5.41, 5.74) is 2.16. The van der Waals surface area contributed by atoms with E-state index in [0.717, 1.165) is 5.56 Å². The van der Waals surface area contributed by atoms with Crippen LogP contribution in [0.3, 0.4) is 0 Å². The Labute approximate surface area is 110 Å². The topological polar surface area (TPSA) is 70.3 Å². The van der Waals surface area contributed by atoms with Gasteiger partial charge in [-0.3, -0.25) is 0 Å². The number of benzene rings is 2. The third-order valence-corrected chi connectivity index (χ3v) is 2.77. The van der Waals surface area contributed by atoms with Crippen molar-refractivity contribution < 1.29 is 14.6 Å². The van der Waals surface area contributed by atoms with E-state index in [2.05, 4.69) is 0 Å². The molecule has 0 aliphatic carbocycles. The fourth-order valence-corrected chi connectivity index (χ4v) is 1.88. The Balaban J connectivity index is 2.58. The van der Waals surface area contributed by atoms with Crippen LogP contribution >= 0.6 is 0 Å². The van der Waals surface area contributed by atoms with E-state index in [4.69, 9.17) is 15.1 Å². The number of carbonyl (C=O) groups is 1. The quantitative estimate of drug-likeness (QED) is 0.912. The molecule has 0 fully saturated rings. The first-order valence-electron chi connectivity index (χ1n) is 5.58. The number of nitriles is 1. The Morgan fingerprint density at radius 2 is 1.89 bits per heavy atom. The van der Waals surface area contributed by atoms with E-state index in [0.29, 0.717) is 16.9 Å². The van der Waals surface area contributed by atoms with Gasteiger partial charge < -0.3 is 9.84 Å². The van der Waals surface area contributed by atoms with Crippen LogP contribution < -0.4 is 4.74 Å². The zero-order chi connectivity index (χ0) is 13.8. The van der Waals surface area contributed by atoms with Crippen molar-refractivity contribution in [2.75, 3.05) is 7.11 Å². The number of para-hydroxylation sites is 1. The monoisotopic (exact) mass is 253 g/mol. The van der Waals surface area contributed by atoms with Gasteiger partial charge in [-0.25, -0.2) is 4.79 Å². The average molecular weight is 253 g/mol. The third kappa shape index (κ3) is 2.40. The fourth-order valence-electron chi connectivity index (χ4n) is 1.88. The molecule has 0 spiro atoms. The second-order valence-corrected chi connectivity index (χ2v) is 3.88. The van der Waals surface area contributed by atoms with Gasteiger partial charge in [0.25, 0.3) is 0 Å². The second kappa shape index (κ2) is 5.23. The minimum absolute atomic E-state index is 0.115. The van der Waals surface area contributed by atoms with Crippen molar-refractivity contribution in [3.8, 4) is 22.9 Å². The molecule has 0 aliphatic rings. The number of ether oxygens (including phenoxy) is 1. The van der Waals surface area contributed by atoms with E-state index in [1.165, 1.54) is 13.2 Å². The summed E-state index contributed by atoms with van der Waals surface area (Å²) in [5, 5.41) is 17.9. The van der Waals surface area contributed by atoms with Gasteiger partial charge in [-0.2, -0.15) is 5.26 Å². The lowest BCUT2D eigenvalue weighted by Gasteiger charge is -2.11. The van der Waals surface area contributed by atoms with Gasteiger partial charge in [0.05, 0.1) is 18.7 Å². The number of aromatic carboxylic acids is 1. The SMILES string of the molecule is COc1c(C(=O)O)cccc1-c1ccc(C#N)cc1.